The van der Waals surface area contributed by atoms with Crippen LogP contribution in [0.2, 0.25) is 0 Å². The van der Waals surface area contributed by atoms with Crippen molar-refractivity contribution in [3.8, 4) is 16.9 Å². The number of nitrogens with zero attached hydrogens (tertiary/aromatic N) is 1. The fourth-order valence-electron chi connectivity index (χ4n) is 4.17. The van der Waals surface area contributed by atoms with Gasteiger partial charge in [-0.2, -0.15) is 0 Å². The molecule has 0 bridgehead atoms. The van der Waals surface area contributed by atoms with E-state index >= 15 is 0 Å². The Morgan fingerprint density at radius 3 is 2.30 bits per heavy atom. The molecule has 0 saturated carbocycles. The van der Waals surface area contributed by atoms with Crippen LogP contribution in [0.15, 0.2) is 53.4 Å². The second-order valence-electron chi connectivity index (χ2n) is 10.8. The van der Waals surface area contributed by atoms with E-state index in [1.54, 1.807) is 11.8 Å². The van der Waals surface area contributed by atoms with E-state index in [-0.39, 0.29) is 12.1 Å². The number of para-hydroxylation sites is 1. The number of hydrogen-bond acceptors (Lipinski definition) is 5. The summed E-state index contributed by atoms with van der Waals surface area (Å²) in [4.78, 5) is 18.7. The van der Waals surface area contributed by atoms with Crippen molar-refractivity contribution in [2.45, 2.75) is 78.5 Å². The van der Waals surface area contributed by atoms with Gasteiger partial charge in [0.05, 0.1) is 0 Å². The van der Waals surface area contributed by atoms with Gasteiger partial charge in [-0.3, -0.25) is 4.98 Å². The predicted octanol–water partition coefficient (Wildman–Crippen LogP) is 7.89. The lowest BCUT2D eigenvalue weighted by atomic mass is 9.90. The van der Waals surface area contributed by atoms with E-state index in [1.807, 2.05) is 52.1 Å². The van der Waals surface area contributed by atoms with Crippen molar-refractivity contribution >= 4 is 17.9 Å². The van der Waals surface area contributed by atoms with Crippen LogP contribution in [0.4, 0.5) is 4.79 Å². The maximum atomic E-state index is 12.6. The van der Waals surface area contributed by atoms with Crippen LogP contribution in [0.5, 0.6) is 5.75 Å². The quantitative estimate of drug-likeness (QED) is 0.291. The predicted molar refractivity (Wildman–Crippen MR) is 153 cm³/mol. The van der Waals surface area contributed by atoms with E-state index in [4.69, 9.17) is 14.5 Å². The lowest BCUT2D eigenvalue weighted by Gasteiger charge is -2.24. The third-order valence-corrected chi connectivity index (χ3v) is 6.68. The highest BCUT2D eigenvalue weighted by Gasteiger charge is 2.23. The van der Waals surface area contributed by atoms with Gasteiger partial charge in [0.25, 0.3) is 0 Å². The third-order valence-electron chi connectivity index (χ3n) is 5.90. The summed E-state index contributed by atoms with van der Waals surface area (Å²) in [6.07, 6.45) is 2.39. The molecule has 37 heavy (non-hydrogen) atoms. The number of carbonyl (C=O) groups is 1. The van der Waals surface area contributed by atoms with Crippen molar-refractivity contribution in [1.82, 2.24) is 10.3 Å². The summed E-state index contributed by atoms with van der Waals surface area (Å²) in [6.45, 7) is 14.8. The average Bonchev–Trinajstić information content (AvgIpc) is 2.81. The Morgan fingerprint density at radius 1 is 1.00 bits per heavy atom. The second-order valence-corrected chi connectivity index (χ2v) is 11.7. The summed E-state index contributed by atoms with van der Waals surface area (Å²) < 4.78 is 12.1. The third kappa shape index (κ3) is 8.00. The van der Waals surface area contributed by atoms with Gasteiger partial charge in [-0.1, -0.05) is 55.8 Å². The summed E-state index contributed by atoms with van der Waals surface area (Å²) in [6, 6.07) is 16.5. The molecule has 1 heterocycles. The first-order chi connectivity index (χ1) is 17.5. The summed E-state index contributed by atoms with van der Waals surface area (Å²) in [7, 11) is 0. The Morgan fingerprint density at radius 2 is 1.68 bits per heavy atom. The molecule has 0 aliphatic rings. The number of nitrogens with one attached hydrogen (secondary N) is 1. The van der Waals surface area contributed by atoms with Gasteiger partial charge < -0.3 is 14.8 Å². The van der Waals surface area contributed by atoms with Crippen LogP contribution in [0.25, 0.3) is 11.1 Å². The van der Waals surface area contributed by atoms with Gasteiger partial charge in [-0.15, -0.1) is 11.8 Å². The van der Waals surface area contributed by atoms with Crippen molar-refractivity contribution in [3.63, 3.8) is 0 Å². The molecular weight excluding hydrogens is 480 g/mol. The number of pyridine rings is 1. The molecule has 0 unspecified atom stereocenters. The first kappa shape index (κ1) is 28.6. The SMILES string of the molecule is CSc1ccccc1OCc1c(C)nc(CC(C)C)c(COC(=O)NC(C)(C)C)c1-c1ccc(C)cc1. The van der Waals surface area contributed by atoms with Crippen molar-refractivity contribution < 1.29 is 14.3 Å². The first-order valence-electron chi connectivity index (χ1n) is 12.8. The Bertz CT molecular complexity index is 1210. The van der Waals surface area contributed by atoms with E-state index in [2.05, 4.69) is 56.4 Å². The number of rotatable bonds is 9. The van der Waals surface area contributed by atoms with Crippen LogP contribution in [-0.4, -0.2) is 22.9 Å². The van der Waals surface area contributed by atoms with E-state index in [0.717, 1.165) is 50.7 Å². The van der Waals surface area contributed by atoms with Crippen LogP contribution >= 0.6 is 11.8 Å². The van der Waals surface area contributed by atoms with Crippen molar-refractivity contribution in [3.05, 3.63) is 76.6 Å². The van der Waals surface area contributed by atoms with Crippen LogP contribution in [0.3, 0.4) is 0 Å². The number of benzene rings is 2. The Hall–Kier alpha value is -2.99. The summed E-state index contributed by atoms with van der Waals surface area (Å²) in [5, 5.41) is 2.89. The highest BCUT2D eigenvalue weighted by Crippen LogP contribution is 2.35. The Labute approximate surface area is 226 Å². The molecule has 198 valence electrons. The van der Waals surface area contributed by atoms with Crippen LogP contribution < -0.4 is 10.1 Å². The monoisotopic (exact) mass is 520 g/mol. The average molecular weight is 521 g/mol. The highest BCUT2D eigenvalue weighted by molar-refractivity contribution is 7.98. The number of hydrogen-bond donors (Lipinski definition) is 1. The van der Waals surface area contributed by atoms with Crippen molar-refractivity contribution in [2.24, 2.45) is 5.92 Å². The maximum Gasteiger partial charge on any atom is 0.407 e. The zero-order valence-electron chi connectivity index (χ0n) is 23.4. The van der Waals surface area contributed by atoms with E-state index in [9.17, 15) is 4.79 Å². The number of amides is 1. The van der Waals surface area contributed by atoms with Gasteiger partial charge in [0.2, 0.25) is 0 Å². The van der Waals surface area contributed by atoms with Crippen LogP contribution in [0.1, 0.15) is 62.7 Å². The molecule has 0 aliphatic carbocycles. The molecule has 1 aromatic heterocycles. The molecule has 3 aromatic rings. The minimum absolute atomic E-state index is 0.134. The van der Waals surface area contributed by atoms with E-state index in [0.29, 0.717) is 12.5 Å². The minimum Gasteiger partial charge on any atom is -0.488 e. The van der Waals surface area contributed by atoms with Crippen molar-refractivity contribution in [1.29, 1.82) is 0 Å². The molecule has 0 spiro atoms. The Balaban J connectivity index is 2.12. The highest BCUT2D eigenvalue weighted by atomic mass is 32.2. The fraction of sp³-hybridized carbons (Fsp3) is 0.419. The first-order valence-corrected chi connectivity index (χ1v) is 14.0. The van der Waals surface area contributed by atoms with Gasteiger partial charge in [0.1, 0.15) is 19.0 Å². The molecule has 0 aliphatic heterocycles. The maximum absolute atomic E-state index is 12.6. The molecule has 1 N–H and O–H groups in total. The molecule has 0 fully saturated rings. The molecule has 2 aromatic carbocycles. The topological polar surface area (TPSA) is 60.5 Å². The zero-order chi connectivity index (χ0) is 27.2. The second kappa shape index (κ2) is 12.5. The number of carbonyl (C=O) groups excluding carboxylic acids is 1. The number of aryl methyl sites for hydroxylation is 2. The van der Waals surface area contributed by atoms with Gasteiger partial charge in [-0.05, 0) is 76.5 Å². The number of aromatic nitrogens is 1. The fourth-order valence-corrected chi connectivity index (χ4v) is 4.71. The standard InChI is InChI=1S/C31H40N2O3S/c1-20(2)17-26-25(19-36-30(34)33-31(5,6)7)29(23-15-13-21(3)14-16-23)24(22(4)32-26)18-35-27-11-9-10-12-28(27)37-8/h9-16,20H,17-19H2,1-8H3,(H,33,34). The zero-order valence-corrected chi connectivity index (χ0v) is 24.2. The number of ether oxygens (including phenoxy) is 2. The molecule has 3 rings (SSSR count). The van der Waals surface area contributed by atoms with Gasteiger partial charge in [-0.25, -0.2) is 4.79 Å². The number of thioether (sulfide) groups is 1. The molecule has 0 radical (unpaired) electrons. The minimum atomic E-state index is -0.440. The lowest BCUT2D eigenvalue weighted by Crippen LogP contribution is -2.40. The molecule has 6 heteroatoms. The van der Waals surface area contributed by atoms with Crippen molar-refractivity contribution in [2.75, 3.05) is 6.26 Å². The molecule has 5 nitrogen and oxygen atoms in total. The number of alkyl carbamates (subject to hydrolysis) is 1. The van der Waals surface area contributed by atoms with E-state index < -0.39 is 6.09 Å². The van der Waals surface area contributed by atoms with Gasteiger partial charge >= 0.3 is 6.09 Å². The molecule has 1 amide bonds. The van der Waals surface area contributed by atoms with Crippen LogP contribution in [0, 0.1) is 19.8 Å². The molecule has 0 atom stereocenters. The lowest BCUT2D eigenvalue weighted by molar-refractivity contribution is 0.131. The summed E-state index contributed by atoms with van der Waals surface area (Å²) >= 11 is 1.66. The smallest absolute Gasteiger partial charge is 0.407 e. The van der Waals surface area contributed by atoms with E-state index in [1.165, 1.54) is 5.56 Å². The molecule has 0 saturated heterocycles. The van der Waals surface area contributed by atoms with Gasteiger partial charge in [0.15, 0.2) is 0 Å². The van der Waals surface area contributed by atoms with Crippen LogP contribution in [-0.2, 0) is 24.4 Å². The molecular formula is C31H40N2O3S. The van der Waals surface area contributed by atoms with Gasteiger partial charge in [0, 0.05) is 32.9 Å². The largest absolute Gasteiger partial charge is 0.488 e. The summed E-state index contributed by atoms with van der Waals surface area (Å²) in [5.41, 5.74) is 6.72. The Kier molecular flexibility index (Phi) is 9.66. The summed E-state index contributed by atoms with van der Waals surface area (Å²) in [5.74, 6) is 1.24. The normalized spacial score (nSPS) is 11.5.